The molecule has 0 spiro atoms. The lowest BCUT2D eigenvalue weighted by molar-refractivity contribution is 0.349. The highest BCUT2D eigenvalue weighted by molar-refractivity contribution is 5.89. The van der Waals surface area contributed by atoms with Crippen molar-refractivity contribution >= 4 is 11.1 Å². The van der Waals surface area contributed by atoms with E-state index in [0.717, 1.165) is 18.6 Å². The topological polar surface area (TPSA) is 46.0 Å². The van der Waals surface area contributed by atoms with Crippen molar-refractivity contribution in [2.24, 2.45) is 0 Å². The second-order valence-electron chi connectivity index (χ2n) is 4.11. The Morgan fingerprint density at radius 2 is 1.95 bits per heavy atom. The van der Waals surface area contributed by atoms with Crippen molar-refractivity contribution in [2.45, 2.75) is 6.92 Å². The maximum absolute atomic E-state index is 13.8. The number of aliphatic hydroxyl groups excluding tert-OH is 1. The Hall–Kier alpha value is -2.21. The number of benzene rings is 1. The number of nitrogens with zero attached hydrogens (tertiary/aromatic N) is 2. The minimum Gasteiger partial charge on any atom is -0.392 e. The summed E-state index contributed by atoms with van der Waals surface area (Å²) < 4.78 is 40.3. The first-order valence-electron chi connectivity index (χ1n) is 5.76. The van der Waals surface area contributed by atoms with Gasteiger partial charge < -0.3 is 5.11 Å². The van der Waals surface area contributed by atoms with Gasteiger partial charge in [-0.25, -0.2) is 23.1 Å². The summed E-state index contributed by atoms with van der Waals surface area (Å²) in [5, 5.41) is 9.41. The van der Waals surface area contributed by atoms with E-state index in [1.807, 2.05) is 0 Å². The predicted molar refractivity (Wildman–Crippen MR) is 67.9 cm³/mol. The molecule has 0 bridgehead atoms. The summed E-state index contributed by atoms with van der Waals surface area (Å²) >= 11 is 0. The highest BCUT2D eigenvalue weighted by atomic mass is 19.1. The van der Waals surface area contributed by atoms with E-state index >= 15 is 0 Å². The number of allylic oxidation sites excluding steroid dienone is 1. The monoisotopic (exact) mass is 280 g/mol. The highest BCUT2D eigenvalue weighted by Gasteiger charge is 2.15. The van der Waals surface area contributed by atoms with Crippen molar-refractivity contribution in [3.8, 4) is 0 Å². The molecule has 3 nitrogen and oxygen atoms in total. The summed E-state index contributed by atoms with van der Waals surface area (Å²) in [7, 11) is 0. The van der Waals surface area contributed by atoms with Gasteiger partial charge in [-0.15, -0.1) is 0 Å². The fourth-order valence-corrected chi connectivity index (χ4v) is 1.87. The number of hydrogen-bond acceptors (Lipinski definition) is 3. The molecule has 0 saturated heterocycles. The average molecular weight is 280 g/mol. The summed E-state index contributed by atoms with van der Waals surface area (Å²) in [5.41, 5.74) is 0.371. The molecule has 1 N–H and O–H groups in total. The standard InChI is InChI=1S/C14H11F3N2O/c1-8(14-13(17)5-18-7-19-14)11(6-20)10-3-2-9(15)4-12(10)16/h2-5,7,20H,6H2,1H3/b11-8+. The van der Waals surface area contributed by atoms with E-state index < -0.39 is 24.1 Å². The van der Waals surface area contributed by atoms with Gasteiger partial charge in [-0.05, 0) is 30.2 Å². The van der Waals surface area contributed by atoms with Crippen molar-refractivity contribution in [1.29, 1.82) is 0 Å². The third-order valence-corrected chi connectivity index (χ3v) is 2.89. The summed E-state index contributed by atoms with van der Waals surface area (Å²) in [6.07, 6.45) is 2.12. The van der Waals surface area contributed by atoms with Crippen LogP contribution in [0.25, 0.3) is 11.1 Å². The second-order valence-corrected chi connectivity index (χ2v) is 4.11. The van der Waals surface area contributed by atoms with E-state index in [2.05, 4.69) is 9.97 Å². The van der Waals surface area contributed by atoms with E-state index in [9.17, 15) is 18.3 Å². The first-order chi connectivity index (χ1) is 9.54. The maximum Gasteiger partial charge on any atom is 0.167 e. The summed E-state index contributed by atoms with van der Waals surface area (Å²) in [6, 6.07) is 2.96. The average Bonchev–Trinajstić information content (AvgIpc) is 2.42. The Kier molecular flexibility index (Phi) is 4.14. The third-order valence-electron chi connectivity index (χ3n) is 2.89. The molecule has 2 aromatic rings. The molecule has 0 aliphatic heterocycles. The molecule has 0 atom stereocenters. The van der Waals surface area contributed by atoms with Gasteiger partial charge in [0.2, 0.25) is 0 Å². The number of rotatable bonds is 3. The zero-order valence-corrected chi connectivity index (χ0v) is 10.6. The molecule has 0 amide bonds. The van der Waals surface area contributed by atoms with Gasteiger partial charge in [0.05, 0.1) is 12.8 Å². The first kappa shape index (κ1) is 14.2. The number of hydrogen-bond donors (Lipinski definition) is 1. The molecular weight excluding hydrogens is 269 g/mol. The third kappa shape index (κ3) is 2.70. The molecule has 0 radical (unpaired) electrons. The smallest absolute Gasteiger partial charge is 0.167 e. The van der Waals surface area contributed by atoms with Crippen LogP contribution in [0.3, 0.4) is 0 Å². The highest BCUT2D eigenvalue weighted by Crippen LogP contribution is 2.27. The van der Waals surface area contributed by atoms with Crippen LogP contribution in [0.15, 0.2) is 30.7 Å². The zero-order chi connectivity index (χ0) is 14.7. The zero-order valence-electron chi connectivity index (χ0n) is 10.6. The molecule has 0 unspecified atom stereocenters. The van der Waals surface area contributed by atoms with Crippen LogP contribution in [-0.4, -0.2) is 21.7 Å². The summed E-state index contributed by atoms with van der Waals surface area (Å²) in [4.78, 5) is 7.29. The molecule has 104 valence electrons. The first-order valence-corrected chi connectivity index (χ1v) is 5.76. The van der Waals surface area contributed by atoms with Crippen LogP contribution < -0.4 is 0 Å². The Bertz CT molecular complexity index is 671. The van der Waals surface area contributed by atoms with Crippen LogP contribution in [0, 0.1) is 17.5 Å². The lowest BCUT2D eigenvalue weighted by Crippen LogP contribution is -2.01. The van der Waals surface area contributed by atoms with E-state index in [1.54, 1.807) is 0 Å². The number of aliphatic hydroxyl groups is 1. The molecule has 1 aromatic heterocycles. The summed E-state index contributed by atoms with van der Waals surface area (Å²) in [5.74, 6) is -2.24. The number of aromatic nitrogens is 2. The quantitative estimate of drug-likeness (QED) is 0.940. The summed E-state index contributed by atoms with van der Waals surface area (Å²) in [6.45, 7) is 0.970. The lowest BCUT2D eigenvalue weighted by Gasteiger charge is -2.11. The SMILES string of the molecule is C/C(=C(/CO)c1ccc(F)cc1F)c1ncncc1F. The Morgan fingerprint density at radius 1 is 1.20 bits per heavy atom. The minimum atomic E-state index is -0.831. The molecule has 1 heterocycles. The Morgan fingerprint density at radius 3 is 2.55 bits per heavy atom. The van der Waals surface area contributed by atoms with Gasteiger partial charge in [0, 0.05) is 11.6 Å². The van der Waals surface area contributed by atoms with Crippen molar-refractivity contribution in [3.05, 3.63) is 59.4 Å². The van der Waals surface area contributed by atoms with Crippen LogP contribution in [0.1, 0.15) is 18.2 Å². The van der Waals surface area contributed by atoms with Crippen molar-refractivity contribution < 1.29 is 18.3 Å². The predicted octanol–water partition coefficient (Wildman–Crippen LogP) is 2.82. The number of halogens is 3. The Labute approximate surface area is 113 Å². The molecule has 0 aliphatic carbocycles. The van der Waals surface area contributed by atoms with Crippen molar-refractivity contribution in [1.82, 2.24) is 9.97 Å². The van der Waals surface area contributed by atoms with Gasteiger partial charge in [0.15, 0.2) is 5.82 Å². The van der Waals surface area contributed by atoms with Gasteiger partial charge in [0.1, 0.15) is 23.7 Å². The van der Waals surface area contributed by atoms with Crippen molar-refractivity contribution in [3.63, 3.8) is 0 Å². The van der Waals surface area contributed by atoms with E-state index in [-0.39, 0.29) is 22.4 Å². The van der Waals surface area contributed by atoms with Crippen LogP contribution >= 0.6 is 0 Å². The molecule has 0 fully saturated rings. The normalized spacial score (nSPS) is 12.2. The fourth-order valence-electron chi connectivity index (χ4n) is 1.87. The fraction of sp³-hybridized carbons (Fsp3) is 0.143. The molecule has 1 aromatic carbocycles. The Balaban J connectivity index is 2.61. The molecule has 20 heavy (non-hydrogen) atoms. The van der Waals surface area contributed by atoms with Gasteiger partial charge >= 0.3 is 0 Å². The van der Waals surface area contributed by atoms with Crippen LogP contribution in [0.2, 0.25) is 0 Å². The van der Waals surface area contributed by atoms with E-state index in [1.165, 1.54) is 13.0 Å². The molecule has 0 aliphatic rings. The molecule has 0 saturated carbocycles. The largest absolute Gasteiger partial charge is 0.392 e. The van der Waals surface area contributed by atoms with E-state index in [4.69, 9.17) is 0 Å². The molecular formula is C14H11F3N2O. The van der Waals surface area contributed by atoms with Gasteiger partial charge in [0.25, 0.3) is 0 Å². The molecule has 6 heteroatoms. The van der Waals surface area contributed by atoms with Crippen LogP contribution in [-0.2, 0) is 0 Å². The maximum atomic E-state index is 13.8. The lowest BCUT2D eigenvalue weighted by atomic mass is 9.98. The van der Waals surface area contributed by atoms with Gasteiger partial charge in [-0.3, -0.25) is 0 Å². The van der Waals surface area contributed by atoms with Crippen molar-refractivity contribution in [2.75, 3.05) is 6.61 Å². The van der Waals surface area contributed by atoms with Gasteiger partial charge in [-0.1, -0.05) is 0 Å². The van der Waals surface area contributed by atoms with Crippen LogP contribution in [0.5, 0.6) is 0 Å². The minimum absolute atomic E-state index is 0.00409. The van der Waals surface area contributed by atoms with E-state index in [0.29, 0.717) is 6.07 Å². The van der Waals surface area contributed by atoms with Gasteiger partial charge in [-0.2, -0.15) is 0 Å². The molecule has 2 rings (SSSR count). The van der Waals surface area contributed by atoms with Crippen LogP contribution in [0.4, 0.5) is 13.2 Å². The second kappa shape index (κ2) is 5.83.